The van der Waals surface area contributed by atoms with Crippen LogP contribution >= 0.6 is 11.8 Å². The number of carbonyl (C=O) groups is 1. The number of allylic oxidation sites excluding steroid dienone is 2. The number of hydrogen-bond donors (Lipinski definition) is 0. The van der Waals surface area contributed by atoms with Crippen molar-refractivity contribution in [1.82, 2.24) is 0 Å². The molecule has 0 unspecified atom stereocenters. The van der Waals surface area contributed by atoms with E-state index in [2.05, 4.69) is 42.8 Å². The number of aliphatic imine (C=N–C) groups is 1. The van der Waals surface area contributed by atoms with Crippen molar-refractivity contribution in [3.8, 4) is 0 Å². The van der Waals surface area contributed by atoms with Crippen LogP contribution in [0.15, 0.2) is 52.9 Å². The number of carbonyl (C=O) groups excluding carboxylic acids is 1. The quantitative estimate of drug-likeness (QED) is 0.585. The normalized spacial score (nSPS) is 14.9. The van der Waals surface area contributed by atoms with Gasteiger partial charge in [0.15, 0.2) is 0 Å². The van der Waals surface area contributed by atoms with E-state index in [0.717, 1.165) is 35.4 Å². The molecule has 4 rings (SSSR count). The van der Waals surface area contributed by atoms with Gasteiger partial charge in [-0.05, 0) is 41.2 Å². The van der Waals surface area contributed by atoms with Crippen LogP contribution in [0.3, 0.4) is 0 Å². The lowest BCUT2D eigenvalue weighted by Gasteiger charge is -2.13. The minimum Gasteiger partial charge on any atom is -0.267 e. The lowest BCUT2D eigenvalue weighted by Crippen LogP contribution is -1.94. The average Bonchev–Trinajstić information content (AvgIpc) is 3.06. The van der Waals surface area contributed by atoms with Gasteiger partial charge in [0.1, 0.15) is 0 Å². The molecule has 1 aliphatic carbocycles. The van der Waals surface area contributed by atoms with Gasteiger partial charge in [0, 0.05) is 27.5 Å². The smallest absolute Gasteiger partial charge is 0.267 e. The minimum absolute atomic E-state index is 0.147. The maximum absolute atomic E-state index is 11.8. The summed E-state index contributed by atoms with van der Waals surface area (Å²) in [6.07, 6.45) is 5.56. The highest BCUT2D eigenvalue weighted by Gasteiger charge is 2.32. The molecule has 0 saturated carbocycles. The molecule has 0 saturated heterocycles. The van der Waals surface area contributed by atoms with Gasteiger partial charge < -0.3 is 0 Å². The molecule has 2 aromatic carbocycles. The van der Waals surface area contributed by atoms with E-state index in [4.69, 9.17) is 0 Å². The number of thioether (sulfide) groups is 1. The van der Waals surface area contributed by atoms with Gasteiger partial charge in [0.25, 0.3) is 5.91 Å². The summed E-state index contributed by atoms with van der Waals surface area (Å²) < 4.78 is 0. The maximum atomic E-state index is 11.8. The van der Waals surface area contributed by atoms with Crippen LogP contribution in [0.4, 0.5) is 0 Å². The van der Waals surface area contributed by atoms with Gasteiger partial charge in [-0.1, -0.05) is 31.2 Å². The summed E-state index contributed by atoms with van der Waals surface area (Å²) in [5.74, 6) is 0.959. The van der Waals surface area contributed by atoms with Crippen molar-refractivity contribution < 1.29 is 4.79 Å². The summed E-state index contributed by atoms with van der Waals surface area (Å²) in [6, 6.07) is 8.60. The molecule has 1 amide bonds. The summed E-state index contributed by atoms with van der Waals surface area (Å²) in [7, 11) is 0. The van der Waals surface area contributed by atoms with Gasteiger partial charge in [0.05, 0.1) is 5.71 Å². The van der Waals surface area contributed by atoms with E-state index < -0.39 is 0 Å². The standard InChI is InChI=1S/C20H17NOS/c1-3-6-12-10-16(23-9-4-2)13-7-5-8-14-19(13)18(12)15-11-17(22)21-20(14)15/h3,5,7-8,10-11H,1,4,6,9H2,2H3. The zero-order valence-electron chi connectivity index (χ0n) is 13.1. The van der Waals surface area contributed by atoms with Crippen LogP contribution < -0.4 is 0 Å². The molecule has 114 valence electrons. The topological polar surface area (TPSA) is 29.4 Å². The fourth-order valence-electron chi connectivity index (χ4n) is 3.44. The van der Waals surface area contributed by atoms with Crippen molar-refractivity contribution in [2.45, 2.75) is 24.7 Å². The predicted molar refractivity (Wildman–Crippen MR) is 98.4 cm³/mol. The SMILES string of the molecule is C=CCc1cc(SCCC)c2cccc3c2c1C1=CC(=O)N=C13. The highest BCUT2D eigenvalue weighted by Crippen LogP contribution is 2.45. The molecule has 2 aliphatic rings. The number of nitrogens with zero attached hydrogens (tertiary/aromatic N) is 1. The second kappa shape index (κ2) is 5.50. The van der Waals surface area contributed by atoms with E-state index in [1.165, 1.54) is 26.8 Å². The van der Waals surface area contributed by atoms with Crippen LogP contribution in [0, 0.1) is 0 Å². The van der Waals surface area contributed by atoms with Crippen LogP contribution in [0.2, 0.25) is 0 Å². The van der Waals surface area contributed by atoms with Crippen LogP contribution in [0.1, 0.15) is 30.0 Å². The molecule has 2 nitrogen and oxygen atoms in total. The number of amides is 1. The highest BCUT2D eigenvalue weighted by atomic mass is 32.2. The molecule has 3 heteroatoms. The molecular formula is C20H17NOS. The lowest BCUT2D eigenvalue weighted by molar-refractivity contribution is -0.113. The Balaban J connectivity index is 2.06. The Hall–Kier alpha value is -2.13. The van der Waals surface area contributed by atoms with Crippen LogP contribution in [0.5, 0.6) is 0 Å². The zero-order chi connectivity index (χ0) is 16.0. The number of benzene rings is 2. The van der Waals surface area contributed by atoms with Gasteiger partial charge in [0.2, 0.25) is 0 Å². The molecule has 1 heterocycles. The van der Waals surface area contributed by atoms with Crippen LogP contribution in [0.25, 0.3) is 16.3 Å². The van der Waals surface area contributed by atoms with Crippen molar-refractivity contribution in [2.24, 2.45) is 4.99 Å². The second-order valence-corrected chi connectivity index (χ2v) is 6.97. The van der Waals surface area contributed by atoms with Crippen molar-refractivity contribution in [1.29, 1.82) is 0 Å². The largest absolute Gasteiger partial charge is 0.270 e. The van der Waals surface area contributed by atoms with Gasteiger partial charge in [-0.25, -0.2) is 4.99 Å². The Labute approximate surface area is 140 Å². The summed E-state index contributed by atoms with van der Waals surface area (Å²) in [4.78, 5) is 17.3. The van der Waals surface area contributed by atoms with E-state index in [-0.39, 0.29) is 5.91 Å². The van der Waals surface area contributed by atoms with Crippen LogP contribution in [-0.4, -0.2) is 17.4 Å². The fourth-order valence-corrected chi connectivity index (χ4v) is 4.41. The minimum atomic E-state index is -0.147. The monoisotopic (exact) mass is 319 g/mol. The van der Waals surface area contributed by atoms with E-state index >= 15 is 0 Å². The third-order valence-corrected chi connectivity index (χ3v) is 5.56. The molecule has 23 heavy (non-hydrogen) atoms. The maximum Gasteiger partial charge on any atom is 0.270 e. The van der Waals surface area contributed by atoms with Gasteiger partial charge in [-0.15, -0.1) is 18.3 Å². The van der Waals surface area contributed by atoms with Crippen molar-refractivity contribution in [3.63, 3.8) is 0 Å². The average molecular weight is 319 g/mol. The third kappa shape index (κ3) is 2.11. The summed E-state index contributed by atoms with van der Waals surface area (Å²) in [5, 5.41) is 2.53. The Kier molecular flexibility index (Phi) is 3.46. The molecule has 0 N–H and O–H groups in total. The predicted octanol–water partition coefficient (Wildman–Crippen LogP) is 4.80. The van der Waals surface area contributed by atoms with E-state index in [1.54, 1.807) is 6.08 Å². The van der Waals surface area contributed by atoms with Crippen molar-refractivity contribution in [3.05, 3.63) is 59.7 Å². The first-order valence-electron chi connectivity index (χ1n) is 7.92. The molecular weight excluding hydrogens is 302 g/mol. The molecule has 2 aromatic rings. The molecule has 0 radical (unpaired) electrons. The number of rotatable bonds is 5. The Morgan fingerprint density at radius 3 is 3.00 bits per heavy atom. The van der Waals surface area contributed by atoms with Gasteiger partial charge in [-0.2, -0.15) is 0 Å². The summed E-state index contributed by atoms with van der Waals surface area (Å²) in [6.45, 7) is 6.10. The third-order valence-electron chi connectivity index (χ3n) is 4.30. The van der Waals surface area contributed by atoms with Gasteiger partial charge >= 0.3 is 0 Å². The molecule has 0 bridgehead atoms. The molecule has 0 atom stereocenters. The first-order chi connectivity index (χ1) is 11.2. The Morgan fingerprint density at radius 2 is 2.22 bits per heavy atom. The number of fused-ring (bicyclic) bond motifs is 3. The molecule has 0 aromatic heterocycles. The number of hydrogen-bond acceptors (Lipinski definition) is 2. The highest BCUT2D eigenvalue weighted by molar-refractivity contribution is 7.99. The molecule has 0 spiro atoms. The lowest BCUT2D eigenvalue weighted by atomic mass is 9.96. The van der Waals surface area contributed by atoms with Crippen molar-refractivity contribution >= 4 is 39.7 Å². The van der Waals surface area contributed by atoms with E-state index in [1.807, 2.05) is 17.8 Å². The van der Waals surface area contributed by atoms with Gasteiger partial charge in [-0.3, -0.25) is 4.79 Å². The summed E-state index contributed by atoms with van der Waals surface area (Å²) in [5.41, 5.74) is 5.35. The Bertz CT molecular complexity index is 921. The fraction of sp³-hybridized carbons (Fsp3) is 0.200. The van der Waals surface area contributed by atoms with Crippen LogP contribution in [-0.2, 0) is 11.2 Å². The first-order valence-corrected chi connectivity index (χ1v) is 8.91. The second-order valence-electron chi connectivity index (χ2n) is 5.83. The van der Waals surface area contributed by atoms with E-state index in [0.29, 0.717) is 0 Å². The first kappa shape index (κ1) is 14.5. The van der Waals surface area contributed by atoms with E-state index in [9.17, 15) is 4.79 Å². The van der Waals surface area contributed by atoms with Crippen molar-refractivity contribution in [2.75, 3.05) is 5.75 Å². The molecule has 0 fully saturated rings. The molecule has 1 aliphatic heterocycles. The summed E-state index contributed by atoms with van der Waals surface area (Å²) >= 11 is 1.90. The Morgan fingerprint density at radius 1 is 1.35 bits per heavy atom. The zero-order valence-corrected chi connectivity index (χ0v) is 13.9.